The fourth-order valence-corrected chi connectivity index (χ4v) is 1.96. The van der Waals surface area contributed by atoms with Gasteiger partial charge in [0.2, 0.25) is 5.91 Å². The van der Waals surface area contributed by atoms with Crippen molar-refractivity contribution in [2.45, 2.75) is 25.9 Å². The minimum absolute atomic E-state index is 0.107. The van der Waals surface area contributed by atoms with Crippen molar-refractivity contribution in [2.24, 2.45) is 11.7 Å². The quantitative estimate of drug-likeness (QED) is 0.787. The first-order valence-corrected chi connectivity index (χ1v) is 5.67. The number of hydrogen-bond donors (Lipinski definition) is 1. The van der Waals surface area contributed by atoms with E-state index in [1.54, 1.807) is 6.20 Å². The van der Waals surface area contributed by atoms with Crippen molar-refractivity contribution in [2.75, 3.05) is 13.1 Å². The van der Waals surface area contributed by atoms with Gasteiger partial charge in [0.25, 0.3) is 0 Å². The molecule has 1 aliphatic rings. The molecule has 1 aliphatic heterocycles. The van der Waals surface area contributed by atoms with Gasteiger partial charge >= 0.3 is 0 Å². The summed E-state index contributed by atoms with van der Waals surface area (Å²) >= 11 is 0. The van der Waals surface area contributed by atoms with Crippen LogP contribution in [0.15, 0.2) is 18.5 Å². The maximum atomic E-state index is 11.8. The molecule has 2 unspecified atom stereocenters. The summed E-state index contributed by atoms with van der Waals surface area (Å²) < 4.78 is 1.83. The van der Waals surface area contributed by atoms with E-state index in [0.717, 1.165) is 6.54 Å². The van der Waals surface area contributed by atoms with E-state index in [1.807, 2.05) is 28.8 Å². The van der Waals surface area contributed by atoms with Crippen LogP contribution in [0, 0.1) is 5.92 Å². The van der Waals surface area contributed by atoms with Crippen molar-refractivity contribution in [3.8, 4) is 0 Å². The van der Waals surface area contributed by atoms with E-state index in [9.17, 15) is 4.79 Å². The van der Waals surface area contributed by atoms with Crippen LogP contribution in [0.2, 0.25) is 0 Å². The fraction of sp³-hybridized carbons (Fsp3) is 0.636. The Hall–Kier alpha value is -1.36. The van der Waals surface area contributed by atoms with E-state index in [1.165, 1.54) is 0 Å². The zero-order valence-electron chi connectivity index (χ0n) is 9.54. The zero-order valence-corrected chi connectivity index (χ0v) is 9.54. The largest absolute Gasteiger partial charge is 0.339 e. The number of aromatic nitrogens is 2. The minimum Gasteiger partial charge on any atom is -0.339 e. The normalized spacial score (nSPS) is 26.1. The second-order valence-electron chi connectivity index (χ2n) is 4.45. The van der Waals surface area contributed by atoms with Crippen molar-refractivity contribution < 1.29 is 4.79 Å². The van der Waals surface area contributed by atoms with Crippen LogP contribution in [0.1, 0.15) is 13.3 Å². The molecule has 0 saturated carbocycles. The molecule has 5 nitrogen and oxygen atoms in total. The minimum atomic E-state index is 0.107. The van der Waals surface area contributed by atoms with Gasteiger partial charge in [-0.2, -0.15) is 5.10 Å². The van der Waals surface area contributed by atoms with Gasteiger partial charge in [0, 0.05) is 37.9 Å². The molecule has 1 saturated heterocycles. The van der Waals surface area contributed by atoms with Gasteiger partial charge in [-0.1, -0.05) is 6.92 Å². The van der Waals surface area contributed by atoms with Crippen LogP contribution in [-0.4, -0.2) is 39.7 Å². The summed E-state index contributed by atoms with van der Waals surface area (Å²) in [6.07, 6.45) is 4.21. The summed E-state index contributed by atoms with van der Waals surface area (Å²) in [4.78, 5) is 13.6. The molecule has 1 aromatic rings. The number of carbonyl (C=O) groups excluding carboxylic acids is 1. The Labute approximate surface area is 95.2 Å². The third-order valence-corrected chi connectivity index (χ3v) is 3.17. The summed E-state index contributed by atoms with van der Waals surface area (Å²) in [5.41, 5.74) is 5.96. The monoisotopic (exact) mass is 222 g/mol. The summed E-state index contributed by atoms with van der Waals surface area (Å²) in [5, 5.41) is 4.11. The number of hydrogen-bond acceptors (Lipinski definition) is 3. The lowest BCUT2D eigenvalue weighted by Gasteiger charge is -2.34. The first-order chi connectivity index (χ1) is 7.66. The van der Waals surface area contributed by atoms with Crippen LogP contribution < -0.4 is 5.73 Å². The van der Waals surface area contributed by atoms with E-state index in [0.29, 0.717) is 25.4 Å². The molecule has 0 spiro atoms. The van der Waals surface area contributed by atoms with E-state index in [-0.39, 0.29) is 11.9 Å². The van der Waals surface area contributed by atoms with Crippen LogP contribution in [0.3, 0.4) is 0 Å². The van der Waals surface area contributed by atoms with Crippen molar-refractivity contribution in [3.05, 3.63) is 18.5 Å². The molecule has 88 valence electrons. The van der Waals surface area contributed by atoms with Gasteiger partial charge in [0.1, 0.15) is 0 Å². The molecule has 0 bridgehead atoms. The van der Waals surface area contributed by atoms with Gasteiger partial charge in [-0.25, -0.2) is 0 Å². The van der Waals surface area contributed by atoms with Gasteiger partial charge in [0.15, 0.2) is 0 Å². The second kappa shape index (κ2) is 4.65. The van der Waals surface area contributed by atoms with E-state index < -0.39 is 0 Å². The molecule has 1 aromatic heterocycles. The molecule has 2 heterocycles. The number of nitrogens with two attached hydrogens (primary N) is 1. The molecule has 0 aromatic carbocycles. The predicted octanol–water partition coefficient (Wildman–Crippen LogP) is 0.0788. The van der Waals surface area contributed by atoms with Crippen molar-refractivity contribution in [3.63, 3.8) is 0 Å². The number of nitrogens with zero attached hydrogens (tertiary/aromatic N) is 3. The average Bonchev–Trinajstić information content (AvgIpc) is 2.74. The molecule has 0 aliphatic carbocycles. The Morgan fingerprint density at radius 2 is 2.38 bits per heavy atom. The molecule has 1 fully saturated rings. The Kier molecular flexibility index (Phi) is 3.24. The van der Waals surface area contributed by atoms with E-state index in [2.05, 4.69) is 5.10 Å². The number of carbonyl (C=O) groups is 1. The average molecular weight is 222 g/mol. The highest BCUT2D eigenvalue weighted by Gasteiger charge is 2.28. The van der Waals surface area contributed by atoms with Gasteiger partial charge in [-0.3, -0.25) is 9.48 Å². The molecular formula is C11H18N4O. The molecule has 16 heavy (non-hydrogen) atoms. The molecule has 1 amide bonds. The molecular weight excluding hydrogens is 204 g/mol. The molecule has 0 radical (unpaired) electrons. The van der Waals surface area contributed by atoms with Crippen LogP contribution in [0.25, 0.3) is 0 Å². The van der Waals surface area contributed by atoms with Crippen LogP contribution in [0.4, 0.5) is 0 Å². The molecule has 2 rings (SSSR count). The summed E-state index contributed by atoms with van der Waals surface area (Å²) in [5.74, 6) is 0.509. The smallest absolute Gasteiger partial charge is 0.223 e. The lowest BCUT2D eigenvalue weighted by Crippen LogP contribution is -2.51. The number of rotatable bonds is 3. The highest BCUT2D eigenvalue weighted by atomic mass is 16.2. The number of piperidine rings is 1. The topological polar surface area (TPSA) is 64.2 Å². The Morgan fingerprint density at radius 3 is 3.06 bits per heavy atom. The standard InChI is InChI=1S/C11H18N4O/c1-9-7-11(16)14(8-10(9)12)5-6-15-4-2-3-13-15/h2-4,9-10H,5-8,12H2,1H3. The molecule has 5 heteroatoms. The second-order valence-corrected chi connectivity index (χ2v) is 4.45. The number of likely N-dealkylation sites (tertiary alicyclic amines) is 1. The van der Waals surface area contributed by atoms with Gasteiger partial charge < -0.3 is 10.6 Å². The first kappa shape index (κ1) is 11.1. The van der Waals surface area contributed by atoms with E-state index >= 15 is 0 Å². The summed E-state index contributed by atoms with van der Waals surface area (Å²) in [6.45, 7) is 4.13. The third-order valence-electron chi connectivity index (χ3n) is 3.17. The fourth-order valence-electron chi connectivity index (χ4n) is 1.96. The van der Waals surface area contributed by atoms with Gasteiger partial charge in [-0.05, 0) is 12.0 Å². The van der Waals surface area contributed by atoms with Crippen molar-refractivity contribution >= 4 is 5.91 Å². The van der Waals surface area contributed by atoms with Crippen molar-refractivity contribution in [1.82, 2.24) is 14.7 Å². The first-order valence-electron chi connectivity index (χ1n) is 5.67. The van der Waals surface area contributed by atoms with E-state index in [4.69, 9.17) is 5.73 Å². The third kappa shape index (κ3) is 2.41. The molecule has 2 N–H and O–H groups in total. The van der Waals surface area contributed by atoms with Crippen LogP contribution in [0.5, 0.6) is 0 Å². The maximum Gasteiger partial charge on any atom is 0.223 e. The number of amides is 1. The van der Waals surface area contributed by atoms with Crippen LogP contribution in [-0.2, 0) is 11.3 Å². The van der Waals surface area contributed by atoms with Crippen molar-refractivity contribution in [1.29, 1.82) is 0 Å². The molecule has 2 atom stereocenters. The predicted molar refractivity (Wildman–Crippen MR) is 60.6 cm³/mol. The highest BCUT2D eigenvalue weighted by Crippen LogP contribution is 2.16. The van der Waals surface area contributed by atoms with Crippen LogP contribution >= 0.6 is 0 Å². The zero-order chi connectivity index (χ0) is 11.5. The summed E-state index contributed by atoms with van der Waals surface area (Å²) in [6, 6.07) is 1.99. The Morgan fingerprint density at radius 1 is 1.56 bits per heavy atom. The summed E-state index contributed by atoms with van der Waals surface area (Å²) in [7, 11) is 0. The Bertz CT molecular complexity index is 349. The lowest BCUT2D eigenvalue weighted by molar-refractivity contribution is -0.135. The Balaban J connectivity index is 1.87. The lowest BCUT2D eigenvalue weighted by atomic mass is 9.94. The van der Waals surface area contributed by atoms with Gasteiger partial charge in [0.05, 0.1) is 6.54 Å². The highest BCUT2D eigenvalue weighted by molar-refractivity contribution is 5.77. The van der Waals surface area contributed by atoms with Gasteiger partial charge in [-0.15, -0.1) is 0 Å². The SMILES string of the molecule is CC1CC(=O)N(CCn2cccn2)CC1N. The maximum absolute atomic E-state index is 11.8.